The van der Waals surface area contributed by atoms with Crippen LogP contribution in [-0.2, 0) is 44.2 Å². The van der Waals surface area contributed by atoms with Gasteiger partial charge < -0.3 is 24.5 Å². The Morgan fingerprint density at radius 3 is 2.84 bits per heavy atom. The number of fused-ring (bicyclic) bond motifs is 5. The number of cyclic esters (lactones) is 1. The molecule has 38 heavy (non-hydrogen) atoms. The van der Waals surface area contributed by atoms with Gasteiger partial charge in [0.2, 0.25) is 0 Å². The van der Waals surface area contributed by atoms with Gasteiger partial charge in [-0.25, -0.2) is 14.2 Å². The number of carbonyl (C=O) groups excluding carboxylic acids is 2. The highest BCUT2D eigenvalue weighted by atomic mass is 19.1. The maximum atomic E-state index is 15.0. The van der Waals surface area contributed by atoms with Gasteiger partial charge in [-0.2, -0.15) is 0 Å². The van der Waals surface area contributed by atoms with Gasteiger partial charge in [0, 0.05) is 35.2 Å². The van der Waals surface area contributed by atoms with Crippen molar-refractivity contribution in [3.63, 3.8) is 0 Å². The summed E-state index contributed by atoms with van der Waals surface area (Å²) < 4.78 is 26.5. The molecule has 9 nitrogen and oxygen atoms in total. The minimum atomic E-state index is -1.93. The molecule has 1 aromatic carbocycles. The van der Waals surface area contributed by atoms with Crippen LogP contribution in [0.2, 0.25) is 0 Å². The van der Waals surface area contributed by atoms with E-state index < -0.39 is 11.6 Å². The van der Waals surface area contributed by atoms with Crippen molar-refractivity contribution in [1.82, 2.24) is 14.9 Å². The molecular weight excluding hydrogens is 493 g/mol. The molecule has 0 saturated heterocycles. The summed E-state index contributed by atoms with van der Waals surface area (Å²) in [6, 6.07) is 2.94. The van der Waals surface area contributed by atoms with Gasteiger partial charge >= 0.3 is 11.9 Å². The maximum Gasteiger partial charge on any atom is 0.343 e. The molecule has 0 spiro atoms. The number of rotatable bonds is 5. The molecular formula is C28H28FN3O6. The number of nitrogens with one attached hydrogen (secondary N) is 1. The van der Waals surface area contributed by atoms with E-state index in [4.69, 9.17) is 14.5 Å². The molecule has 3 aliphatic rings. The highest BCUT2D eigenvalue weighted by Gasteiger charge is 2.45. The normalized spacial score (nSPS) is 21.1. The summed E-state index contributed by atoms with van der Waals surface area (Å²) in [4.78, 5) is 42.7. The van der Waals surface area contributed by atoms with Gasteiger partial charge in [0.1, 0.15) is 12.4 Å². The molecule has 198 valence electrons. The van der Waals surface area contributed by atoms with E-state index in [1.54, 1.807) is 24.5 Å². The predicted octanol–water partition coefficient (Wildman–Crippen LogP) is 2.67. The van der Waals surface area contributed by atoms with Gasteiger partial charge in [0.05, 0.1) is 42.5 Å². The molecule has 0 radical (unpaired) electrons. The van der Waals surface area contributed by atoms with Crippen LogP contribution in [-0.4, -0.2) is 40.3 Å². The molecule has 10 heteroatoms. The third-order valence-electron chi connectivity index (χ3n) is 8.33. The van der Waals surface area contributed by atoms with Crippen LogP contribution in [0.1, 0.15) is 65.6 Å². The average Bonchev–Trinajstić information content (AvgIpc) is 3.28. The summed E-state index contributed by atoms with van der Waals surface area (Å²) in [7, 11) is 1.35. The molecule has 4 heterocycles. The van der Waals surface area contributed by atoms with E-state index >= 15 is 0 Å². The molecule has 0 fully saturated rings. The van der Waals surface area contributed by atoms with Gasteiger partial charge in [-0.3, -0.25) is 9.59 Å². The summed E-state index contributed by atoms with van der Waals surface area (Å²) in [6.45, 7) is 3.86. The lowest BCUT2D eigenvalue weighted by molar-refractivity contribution is -0.172. The molecule has 6 rings (SSSR count). The molecule has 0 bridgehead atoms. The largest absolute Gasteiger partial charge is 0.469 e. The first kappa shape index (κ1) is 24.7. The van der Waals surface area contributed by atoms with E-state index in [0.717, 1.165) is 22.1 Å². The van der Waals surface area contributed by atoms with Crippen molar-refractivity contribution in [2.24, 2.45) is 0 Å². The molecule has 2 aromatic heterocycles. The molecule has 0 unspecified atom stereocenters. The standard InChI is InChI=1S/C28H28FN3O6/c1-4-28(36)17-9-21-25-15(11-32(21)26(34)16(17)12-38-27(28)35)24-19(30-8-7-22(33)37-3)6-5-14-13(2)18(29)10-20(31-25)23(14)24/h9-10,19,30,36H,4-8,11-12H2,1-3H3/t19-,28-/m0/s1. The van der Waals surface area contributed by atoms with Crippen molar-refractivity contribution >= 4 is 22.8 Å². The monoisotopic (exact) mass is 521 g/mol. The number of halogens is 1. The Kier molecular flexibility index (Phi) is 5.66. The number of nitrogens with zero attached hydrogens (tertiary/aromatic N) is 2. The van der Waals surface area contributed by atoms with Gasteiger partial charge in [-0.05, 0) is 48.9 Å². The fourth-order valence-electron chi connectivity index (χ4n) is 6.21. The van der Waals surface area contributed by atoms with Crippen LogP contribution in [0.15, 0.2) is 16.9 Å². The van der Waals surface area contributed by atoms with E-state index in [9.17, 15) is 23.9 Å². The summed E-state index contributed by atoms with van der Waals surface area (Å²) in [6.07, 6.45) is 1.58. The number of aliphatic hydroxyl groups is 1. The van der Waals surface area contributed by atoms with E-state index in [0.29, 0.717) is 41.9 Å². The lowest BCUT2D eigenvalue weighted by Crippen LogP contribution is -2.44. The van der Waals surface area contributed by atoms with Crippen LogP contribution < -0.4 is 10.9 Å². The first-order valence-electron chi connectivity index (χ1n) is 12.8. The van der Waals surface area contributed by atoms with Gasteiger partial charge in [-0.15, -0.1) is 0 Å². The highest BCUT2D eigenvalue weighted by molar-refractivity contribution is 5.93. The topological polar surface area (TPSA) is 120 Å². The smallest absolute Gasteiger partial charge is 0.343 e. The van der Waals surface area contributed by atoms with E-state index in [1.165, 1.54) is 13.2 Å². The zero-order valence-electron chi connectivity index (χ0n) is 21.4. The van der Waals surface area contributed by atoms with Crippen LogP contribution in [0, 0.1) is 12.7 Å². The molecule has 0 amide bonds. The van der Waals surface area contributed by atoms with Crippen LogP contribution in [0.25, 0.3) is 22.3 Å². The van der Waals surface area contributed by atoms with Crippen molar-refractivity contribution in [3.05, 3.63) is 61.7 Å². The zero-order valence-corrected chi connectivity index (χ0v) is 21.4. The van der Waals surface area contributed by atoms with Gasteiger partial charge in [0.15, 0.2) is 5.60 Å². The number of esters is 2. The molecule has 2 atom stereocenters. The molecule has 2 N–H and O–H groups in total. The van der Waals surface area contributed by atoms with Crippen molar-refractivity contribution < 1.29 is 28.6 Å². The minimum Gasteiger partial charge on any atom is -0.469 e. The minimum absolute atomic E-state index is 0.0466. The first-order chi connectivity index (χ1) is 18.2. The van der Waals surface area contributed by atoms with Crippen LogP contribution >= 0.6 is 0 Å². The lowest BCUT2D eigenvalue weighted by Gasteiger charge is -2.31. The molecule has 3 aromatic rings. The van der Waals surface area contributed by atoms with E-state index in [-0.39, 0.29) is 60.5 Å². The van der Waals surface area contributed by atoms with E-state index in [2.05, 4.69) is 5.32 Å². The predicted molar refractivity (Wildman–Crippen MR) is 135 cm³/mol. The number of hydrogen-bond donors (Lipinski definition) is 2. The summed E-state index contributed by atoms with van der Waals surface area (Å²) >= 11 is 0. The van der Waals surface area contributed by atoms with Crippen LogP contribution in [0.5, 0.6) is 0 Å². The highest BCUT2D eigenvalue weighted by Crippen LogP contribution is 2.45. The number of hydrogen-bond acceptors (Lipinski definition) is 8. The Morgan fingerprint density at radius 2 is 2.11 bits per heavy atom. The van der Waals surface area contributed by atoms with E-state index in [1.807, 2.05) is 0 Å². The quantitative estimate of drug-likeness (QED) is 0.385. The molecule has 1 aliphatic carbocycles. The first-order valence-corrected chi connectivity index (χ1v) is 12.8. The Bertz CT molecular complexity index is 1610. The maximum absolute atomic E-state index is 15.0. The Labute approximate surface area is 217 Å². The zero-order chi connectivity index (χ0) is 26.9. The number of aryl methyl sites for hydroxylation is 1. The van der Waals surface area contributed by atoms with Gasteiger partial charge in [-0.1, -0.05) is 6.92 Å². The molecule has 0 saturated carbocycles. The third kappa shape index (κ3) is 3.36. The lowest BCUT2D eigenvalue weighted by atomic mass is 9.81. The number of pyridine rings is 2. The number of benzene rings is 1. The summed E-state index contributed by atoms with van der Waals surface area (Å²) in [5, 5.41) is 15.5. The summed E-state index contributed by atoms with van der Waals surface area (Å²) in [5.74, 6) is -1.44. The summed E-state index contributed by atoms with van der Waals surface area (Å²) in [5.41, 5.74) is 2.97. The number of carbonyl (C=O) groups is 2. The Hall–Kier alpha value is -3.63. The average molecular weight is 522 g/mol. The van der Waals surface area contributed by atoms with Crippen molar-refractivity contribution in [1.29, 1.82) is 0 Å². The molecule has 2 aliphatic heterocycles. The number of ether oxygens (including phenoxy) is 2. The number of methoxy groups -OCH3 is 1. The third-order valence-corrected chi connectivity index (χ3v) is 8.33. The number of aromatic nitrogens is 2. The Balaban J connectivity index is 1.57. The second-order valence-corrected chi connectivity index (χ2v) is 10.2. The van der Waals surface area contributed by atoms with Crippen LogP contribution in [0.3, 0.4) is 0 Å². The Morgan fingerprint density at radius 1 is 1.32 bits per heavy atom. The fraction of sp³-hybridized carbons (Fsp3) is 0.429. The fourth-order valence-corrected chi connectivity index (χ4v) is 6.21. The second kappa shape index (κ2) is 8.71. The SMILES string of the molecule is CC[C@@]1(O)C(=O)OCc2c1cc1n(c2=O)Cc2c-1nc1cc(F)c(C)c3c1c2[C@@H](NCCC(=O)OC)CC3. The van der Waals surface area contributed by atoms with Crippen molar-refractivity contribution in [2.75, 3.05) is 13.7 Å². The van der Waals surface area contributed by atoms with Crippen LogP contribution in [0.4, 0.5) is 4.39 Å². The van der Waals surface area contributed by atoms with Crippen molar-refractivity contribution in [3.8, 4) is 11.4 Å². The second-order valence-electron chi connectivity index (χ2n) is 10.2. The van der Waals surface area contributed by atoms with Crippen molar-refractivity contribution in [2.45, 2.75) is 64.3 Å². The van der Waals surface area contributed by atoms with Gasteiger partial charge in [0.25, 0.3) is 5.56 Å².